The molecular weight excluding hydrogens is 270 g/mol. The van der Waals surface area contributed by atoms with Gasteiger partial charge < -0.3 is 5.32 Å². The van der Waals surface area contributed by atoms with Crippen molar-refractivity contribution in [3.8, 4) is 0 Å². The molecule has 0 saturated carbocycles. The van der Waals surface area contributed by atoms with Crippen LogP contribution in [0.25, 0.3) is 0 Å². The molecule has 0 aliphatic rings. The molecule has 2 aromatic rings. The third kappa shape index (κ3) is 3.17. The van der Waals surface area contributed by atoms with E-state index < -0.39 is 29.3 Å². The highest BCUT2D eigenvalue weighted by Gasteiger charge is 2.17. The highest BCUT2D eigenvalue weighted by Crippen LogP contribution is 2.23. The Bertz CT molecular complexity index is 613. The maximum Gasteiger partial charge on any atom is 0.130 e. The number of nitrogens with one attached hydrogen (secondary N) is 1. The second-order valence-corrected chi connectivity index (χ2v) is 4.45. The summed E-state index contributed by atoms with van der Waals surface area (Å²) in [7, 11) is 1.59. The van der Waals surface area contributed by atoms with Crippen LogP contribution in [0, 0.1) is 23.3 Å². The van der Waals surface area contributed by atoms with Crippen molar-refractivity contribution in [2.75, 3.05) is 7.05 Å². The molecule has 0 fully saturated rings. The fraction of sp³-hybridized carbons (Fsp3) is 0.200. The Hall–Kier alpha value is -1.88. The summed E-state index contributed by atoms with van der Waals surface area (Å²) in [4.78, 5) is 0. The van der Waals surface area contributed by atoms with Gasteiger partial charge in [0.05, 0.1) is 0 Å². The molecule has 2 rings (SSSR count). The molecule has 0 amide bonds. The molecule has 1 nitrogen and oxygen atoms in total. The minimum Gasteiger partial charge on any atom is -0.313 e. The third-order valence-corrected chi connectivity index (χ3v) is 3.13. The topological polar surface area (TPSA) is 12.0 Å². The SMILES string of the molecule is CNC(Cc1ccc(F)cc1F)c1ccc(F)cc1F. The van der Waals surface area contributed by atoms with E-state index in [9.17, 15) is 17.6 Å². The van der Waals surface area contributed by atoms with Crippen LogP contribution in [0.15, 0.2) is 36.4 Å². The van der Waals surface area contributed by atoms with Gasteiger partial charge in [0.15, 0.2) is 0 Å². The minimum atomic E-state index is -0.702. The molecule has 0 aliphatic carbocycles. The summed E-state index contributed by atoms with van der Waals surface area (Å²) in [6, 6.07) is 5.94. The van der Waals surface area contributed by atoms with Gasteiger partial charge in [-0.25, -0.2) is 17.6 Å². The zero-order chi connectivity index (χ0) is 14.7. The largest absolute Gasteiger partial charge is 0.313 e. The average molecular weight is 283 g/mol. The van der Waals surface area contributed by atoms with Crippen LogP contribution in [0.2, 0.25) is 0 Å². The molecule has 0 radical (unpaired) electrons. The molecule has 2 aromatic carbocycles. The molecule has 0 aromatic heterocycles. The predicted octanol–water partition coefficient (Wildman–Crippen LogP) is 3.75. The standard InChI is InChI=1S/C15H13F4N/c1-20-15(12-5-4-11(17)8-14(12)19)6-9-2-3-10(16)7-13(9)18/h2-5,7-8,15,20H,6H2,1H3. The molecule has 0 saturated heterocycles. The quantitative estimate of drug-likeness (QED) is 0.843. The maximum atomic E-state index is 13.7. The van der Waals surface area contributed by atoms with Crippen LogP contribution in [0.3, 0.4) is 0 Å². The van der Waals surface area contributed by atoms with Crippen LogP contribution < -0.4 is 5.32 Å². The first-order chi connectivity index (χ1) is 9.51. The molecule has 0 heterocycles. The lowest BCUT2D eigenvalue weighted by Gasteiger charge is -2.18. The number of hydrogen-bond acceptors (Lipinski definition) is 1. The summed E-state index contributed by atoms with van der Waals surface area (Å²) in [5, 5.41) is 2.85. The van der Waals surface area contributed by atoms with Crippen molar-refractivity contribution in [3.05, 3.63) is 70.8 Å². The van der Waals surface area contributed by atoms with E-state index in [1.807, 2.05) is 0 Å². The van der Waals surface area contributed by atoms with Crippen LogP contribution in [0.4, 0.5) is 17.6 Å². The summed E-state index contributed by atoms with van der Waals surface area (Å²) in [5.74, 6) is -2.73. The van der Waals surface area contributed by atoms with E-state index in [4.69, 9.17) is 0 Å². The molecule has 0 bridgehead atoms. The highest BCUT2D eigenvalue weighted by molar-refractivity contribution is 5.26. The summed E-state index contributed by atoms with van der Waals surface area (Å²) < 4.78 is 53.1. The predicted molar refractivity (Wildman–Crippen MR) is 68.2 cm³/mol. The summed E-state index contributed by atoms with van der Waals surface area (Å²) in [6.45, 7) is 0. The van der Waals surface area contributed by atoms with E-state index in [1.54, 1.807) is 7.05 Å². The molecule has 5 heteroatoms. The van der Waals surface area contributed by atoms with Gasteiger partial charge in [-0.2, -0.15) is 0 Å². The molecule has 20 heavy (non-hydrogen) atoms. The Labute approximate surface area is 114 Å². The van der Waals surface area contributed by atoms with Crippen molar-refractivity contribution in [1.82, 2.24) is 5.32 Å². The minimum absolute atomic E-state index is 0.130. The van der Waals surface area contributed by atoms with E-state index in [1.165, 1.54) is 12.1 Å². The lowest BCUT2D eigenvalue weighted by atomic mass is 9.98. The number of likely N-dealkylation sites (N-methyl/N-ethyl adjacent to an activating group) is 1. The number of benzene rings is 2. The second kappa shape index (κ2) is 6.05. The lowest BCUT2D eigenvalue weighted by Crippen LogP contribution is -2.20. The van der Waals surface area contributed by atoms with E-state index in [0.717, 1.165) is 24.3 Å². The maximum absolute atomic E-state index is 13.7. The molecular formula is C15H13F4N. The highest BCUT2D eigenvalue weighted by atomic mass is 19.1. The van der Waals surface area contributed by atoms with Gasteiger partial charge in [0.25, 0.3) is 0 Å². The number of hydrogen-bond donors (Lipinski definition) is 1. The lowest BCUT2D eigenvalue weighted by molar-refractivity contribution is 0.507. The second-order valence-electron chi connectivity index (χ2n) is 4.45. The van der Waals surface area contributed by atoms with Crippen LogP contribution in [0.1, 0.15) is 17.2 Å². The summed E-state index contributed by atoms with van der Waals surface area (Å²) >= 11 is 0. The van der Waals surface area contributed by atoms with Gasteiger partial charge in [-0.1, -0.05) is 12.1 Å². The zero-order valence-electron chi connectivity index (χ0n) is 10.8. The number of rotatable bonds is 4. The van der Waals surface area contributed by atoms with E-state index >= 15 is 0 Å². The summed E-state index contributed by atoms with van der Waals surface area (Å²) in [5.41, 5.74) is 0.493. The first-order valence-electron chi connectivity index (χ1n) is 6.07. The van der Waals surface area contributed by atoms with E-state index in [-0.39, 0.29) is 17.5 Å². The van der Waals surface area contributed by atoms with Gasteiger partial charge in [-0.15, -0.1) is 0 Å². The first kappa shape index (κ1) is 14.5. The normalized spacial score (nSPS) is 12.4. The van der Waals surface area contributed by atoms with Gasteiger partial charge in [0, 0.05) is 23.7 Å². The molecule has 1 atom stereocenters. The van der Waals surface area contributed by atoms with Gasteiger partial charge in [-0.3, -0.25) is 0 Å². The van der Waals surface area contributed by atoms with Crippen molar-refractivity contribution in [3.63, 3.8) is 0 Å². The Kier molecular flexibility index (Phi) is 4.39. The Balaban J connectivity index is 2.28. The van der Waals surface area contributed by atoms with E-state index in [0.29, 0.717) is 0 Å². The van der Waals surface area contributed by atoms with Gasteiger partial charge in [0.1, 0.15) is 23.3 Å². The molecule has 1 unspecified atom stereocenters. The van der Waals surface area contributed by atoms with Crippen LogP contribution in [0.5, 0.6) is 0 Å². The van der Waals surface area contributed by atoms with Crippen molar-refractivity contribution in [2.24, 2.45) is 0 Å². The fourth-order valence-electron chi connectivity index (χ4n) is 2.06. The fourth-order valence-corrected chi connectivity index (χ4v) is 2.06. The van der Waals surface area contributed by atoms with Crippen molar-refractivity contribution < 1.29 is 17.6 Å². The Morgan fingerprint density at radius 1 is 0.900 bits per heavy atom. The zero-order valence-corrected chi connectivity index (χ0v) is 10.8. The average Bonchev–Trinajstić information content (AvgIpc) is 2.39. The van der Waals surface area contributed by atoms with Gasteiger partial charge in [-0.05, 0) is 31.2 Å². The smallest absolute Gasteiger partial charge is 0.130 e. The molecule has 0 aliphatic heterocycles. The molecule has 1 N–H and O–H groups in total. The van der Waals surface area contributed by atoms with Crippen LogP contribution >= 0.6 is 0 Å². The van der Waals surface area contributed by atoms with Crippen LogP contribution in [-0.2, 0) is 6.42 Å². The Morgan fingerprint density at radius 3 is 2.05 bits per heavy atom. The monoisotopic (exact) mass is 283 g/mol. The van der Waals surface area contributed by atoms with E-state index in [2.05, 4.69) is 5.32 Å². The van der Waals surface area contributed by atoms with Crippen molar-refractivity contribution in [2.45, 2.75) is 12.5 Å². The van der Waals surface area contributed by atoms with Gasteiger partial charge >= 0.3 is 0 Å². The van der Waals surface area contributed by atoms with Crippen molar-refractivity contribution >= 4 is 0 Å². The molecule has 0 spiro atoms. The number of halogens is 4. The molecule has 106 valence electrons. The Morgan fingerprint density at radius 2 is 1.50 bits per heavy atom. The third-order valence-electron chi connectivity index (χ3n) is 3.13. The first-order valence-corrected chi connectivity index (χ1v) is 6.07. The summed E-state index contributed by atoms with van der Waals surface area (Å²) in [6.07, 6.45) is 0.130. The van der Waals surface area contributed by atoms with Crippen LogP contribution in [-0.4, -0.2) is 7.05 Å². The van der Waals surface area contributed by atoms with Gasteiger partial charge in [0.2, 0.25) is 0 Å². The van der Waals surface area contributed by atoms with Crippen molar-refractivity contribution in [1.29, 1.82) is 0 Å².